The number of nitrogens with one attached hydrogen (secondary N) is 4. The molecule has 32 heavy (non-hydrogen) atoms. The summed E-state index contributed by atoms with van der Waals surface area (Å²) in [5.41, 5.74) is 2.50. The van der Waals surface area contributed by atoms with Gasteiger partial charge in [0.15, 0.2) is 6.10 Å². The summed E-state index contributed by atoms with van der Waals surface area (Å²) in [4.78, 5) is 24.1. The SMILES string of the molecule is CCC(C#N)Oc1cccc(CNC(=O)NC(C)c2ccc(NC(=O)NC3CC3)cc2)c1. The number of hydrogen-bond acceptors (Lipinski definition) is 4. The van der Waals surface area contributed by atoms with Crippen LogP contribution in [0.3, 0.4) is 0 Å². The maximum absolute atomic E-state index is 12.3. The maximum Gasteiger partial charge on any atom is 0.319 e. The number of hydrogen-bond donors (Lipinski definition) is 4. The van der Waals surface area contributed by atoms with Gasteiger partial charge < -0.3 is 26.0 Å². The van der Waals surface area contributed by atoms with Crippen molar-refractivity contribution in [3.05, 3.63) is 59.7 Å². The van der Waals surface area contributed by atoms with Crippen molar-refractivity contribution in [1.82, 2.24) is 16.0 Å². The van der Waals surface area contributed by atoms with Crippen LogP contribution in [-0.4, -0.2) is 24.2 Å². The van der Waals surface area contributed by atoms with E-state index in [-0.39, 0.29) is 18.1 Å². The molecule has 8 nitrogen and oxygen atoms in total. The first-order chi connectivity index (χ1) is 15.5. The minimum absolute atomic E-state index is 0.196. The van der Waals surface area contributed by atoms with Crippen LogP contribution in [0.25, 0.3) is 0 Å². The lowest BCUT2D eigenvalue weighted by Crippen LogP contribution is -2.36. The van der Waals surface area contributed by atoms with E-state index in [0.717, 1.165) is 24.0 Å². The van der Waals surface area contributed by atoms with Gasteiger partial charge in [0.1, 0.15) is 11.8 Å². The molecule has 0 radical (unpaired) electrons. The topological polar surface area (TPSA) is 115 Å². The average molecular weight is 436 g/mol. The largest absolute Gasteiger partial charge is 0.476 e. The summed E-state index contributed by atoms with van der Waals surface area (Å²) < 4.78 is 5.62. The molecular formula is C24H29N5O3. The van der Waals surface area contributed by atoms with Crippen LogP contribution in [0.1, 0.15) is 50.3 Å². The molecule has 0 spiro atoms. The normalized spacial score (nSPS) is 14.4. The maximum atomic E-state index is 12.3. The number of benzene rings is 2. The van der Waals surface area contributed by atoms with E-state index in [1.165, 1.54) is 0 Å². The highest BCUT2D eigenvalue weighted by atomic mass is 16.5. The van der Waals surface area contributed by atoms with Crippen LogP contribution >= 0.6 is 0 Å². The number of ether oxygens (including phenoxy) is 1. The van der Waals surface area contributed by atoms with E-state index >= 15 is 0 Å². The molecule has 0 aromatic heterocycles. The molecule has 1 aliphatic carbocycles. The molecule has 0 aliphatic heterocycles. The van der Waals surface area contributed by atoms with Crippen LogP contribution in [0.15, 0.2) is 48.5 Å². The van der Waals surface area contributed by atoms with E-state index < -0.39 is 6.10 Å². The highest BCUT2D eigenvalue weighted by Crippen LogP contribution is 2.20. The number of amides is 4. The van der Waals surface area contributed by atoms with Gasteiger partial charge in [-0.25, -0.2) is 9.59 Å². The van der Waals surface area contributed by atoms with E-state index in [4.69, 9.17) is 10.00 Å². The Morgan fingerprint density at radius 3 is 2.56 bits per heavy atom. The molecule has 3 rings (SSSR count). The minimum atomic E-state index is -0.489. The van der Waals surface area contributed by atoms with Crippen molar-refractivity contribution in [2.24, 2.45) is 0 Å². The van der Waals surface area contributed by atoms with Crippen molar-refractivity contribution in [2.75, 3.05) is 5.32 Å². The van der Waals surface area contributed by atoms with Gasteiger partial charge in [0.05, 0.1) is 6.04 Å². The number of nitriles is 1. The lowest BCUT2D eigenvalue weighted by molar-refractivity contribution is 0.237. The number of carbonyl (C=O) groups is 2. The van der Waals surface area contributed by atoms with Crippen LogP contribution < -0.4 is 26.0 Å². The smallest absolute Gasteiger partial charge is 0.319 e. The van der Waals surface area contributed by atoms with Gasteiger partial charge in [0.2, 0.25) is 0 Å². The zero-order valence-electron chi connectivity index (χ0n) is 18.4. The van der Waals surface area contributed by atoms with Gasteiger partial charge in [-0.1, -0.05) is 31.2 Å². The first-order valence-electron chi connectivity index (χ1n) is 10.8. The number of anilines is 1. The van der Waals surface area contributed by atoms with Crippen molar-refractivity contribution in [2.45, 2.75) is 57.8 Å². The van der Waals surface area contributed by atoms with Crippen molar-refractivity contribution in [1.29, 1.82) is 5.26 Å². The summed E-state index contributed by atoms with van der Waals surface area (Å²) >= 11 is 0. The molecule has 4 N–H and O–H groups in total. The molecule has 1 fully saturated rings. The van der Waals surface area contributed by atoms with Gasteiger partial charge in [0, 0.05) is 18.3 Å². The van der Waals surface area contributed by atoms with Crippen LogP contribution in [0, 0.1) is 11.3 Å². The van der Waals surface area contributed by atoms with Crippen LogP contribution in [0.2, 0.25) is 0 Å². The highest BCUT2D eigenvalue weighted by molar-refractivity contribution is 5.89. The Bertz CT molecular complexity index is 966. The van der Waals surface area contributed by atoms with Crippen LogP contribution in [-0.2, 0) is 6.54 Å². The lowest BCUT2D eigenvalue weighted by atomic mass is 10.1. The first-order valence-corrected chi connectivity index (χ1v) is 10.8. The van der Waals surface area contributed by atoms with Gasteiger partial charge in [-0.15, -0.1) is 0 Å². The molecule has 2 aromatic carbocycles. The third kappa shape index (κ3) is 7.20. The summed E-state index contributed by atoms with van der Waals surface area (Å²) in [6, 6.07) is 16.4. The number of urea groups is 2. The molecule has 168 valence electrons. The Balaban J connectivity index is 1.45. The lowest BCUT2D eigenvalue weighted by Gasteiger charge is -2.16. The fourth-order valence-electron chi connectivity index (χ4n) is 3.04. The standard InChI is InChI=1S/C24H29N5O3/c1-3-21(14-25)32-22-6-4-5-17(13-22)15-26-23(30)27-16(2)18-7-9-19(10-8-18)28-24(31)29-20-11-12-20/h4-10,13,16,20-21H,3,11-12,15H2,1-2H3,(H2,26,27,30)(H2,28,29,31). The van der Waals surface area contributed by atoms with Crippen molar-refractivity contribution >= 4 is 17.7 Å². The van der Waals surface area contributed by atoms with Gasteiger partial charge in [-0.05, 0) is 61.6 Å². The Labute approximate surface area is 188 Å². The van der Waals surface area contributed by atoms with Gasteiger partial charge in [-0.3, -0.25) is 0 Å². The molecular weight excluding hydrogens is 406 g/mol. The van der Waals surface area contributed by atoms with Crippen molar-refractivity contribution in [3.8, 4) is 11.8 Å². The minimum Gasteiger partial charge on any atom is -0.476 e. The summed E-state index contributed by atoms with van der Waals surface area (Å²) in [6.45, 7) is 4.11. The van der Waals surface area contributed by atoms with Gasteiger partial charge in [-0.2, -0.15) is 5.26 Å². The van der Waals surface area contributed by atoms with Crippen LogP contribution in [0.5, 0.6) is 5.75 Å². The predicted octanol–water partition coefficient (Wildman–Crippen LogP) is 4.21. The highest BCUT2D eigenvalue weighted by Gasteiger charge is 2.23. The molecule has 8 heteroatoms. The fourth-order valence-corrected chi connectivity index (χ4v) is 3.04. The summed E-state index contributed by atoms with van der Waals surface area (Å²) in [5.74, 6) is 0.603. The second kappa shape index (κ2) is 11.0. The third-order valence-corrected chi connectivity index (χ3v) is 5.07. The molecule has 1 aliphatic rings. The van der Waals surface area contributed by atoms with E-state index in [0.29, 0.717) is 30.4 Å². The van der Waals surface area contributed by atoms with E-state index in [1.54, 1.807) is 6.07 Å². The molecule has 0 bridgehead atoms. The molecule has 0 saturated heterocycles. The number of nitrogens with zero attached hydrogens (tertiary/aromatic N) is 1. The Kier molecular flexibility index (Phi) is 7.92. The van der Waals surface area contributed by atoms with Gasteiger partial charge >= 0.3 is 12.1 Å². The molecule has 4 amide bonds. The first kappa shape index (κ1) is 22.9. The Morgan fingerprint density at radius 2 is 1.91 bits per heavy atom. The zero-order chi connectivity index (χ0) is 22.9. The van der Waals surface area contributed by atoms with E-state index in [2.05, 4.69) is 27.3 Å². The predicted molar refractivity (Wildman–Crippen MR) is 122 cm³/mol. The van der Waals surface area contributed by atoms with Crippen molar-refractivity contribution in [3.63, 3.8) is 0 Å². The van der Waals surface area contributed by atoms with E-state index in [1.807, 2.05) is 56.3 Å². The summed E-state index contributed by atoms with van der Waals surface area (Å²) in [7, 11) is 0. The fraction of sp³-hybridized carbons (Fsp3) is 0.375. The molecule has 2 atom stereocenters. The second-order valence-electron chi connectivity index (χ2n) is 7.83. The summed E-state index contributed by atoms with van der Waals surface area (Å²) in [5, 5.41) is 20.5. The monoisotopic (exact) mass is 435 g/mol. The molecule has 1 saturated carbocycles. The zero-order valence-corrected chi connectivity index (χ0v) is 18.4. The third-order valence-electron chi connectivity index (χ3n) is 5.07. The number of rotatable bonds is 9. The Morgan fingerprint density at radius 1 is 1.16 bits per heavy atom. The summed E-state index contributed by atoms with van der Waals surface area (Å²) in [6.07, 6.45) is 2.19. The number of carbonyl (C=O) groups excluding carboxylic acids is 2. The molecule has 2 aromatic rings. The second-order valence-corrected chi connectivity index (χ2v) is 7.83. The van der Waals surface area contributed by atoms with Gasteiger partial charge in [0.25, 0.3) is 0 Å². The van der Waals surface area contributed by atoms with Crippen LogP contribution in [0.4, 0.5) is 15.3 Å². The quantitative estimate of drug-likeness (QED) is 0.472. The Hall–Kier alpha value is -3.73. The van der Waals surface area contributed by atoms with Crippen molar-refractivity contribution < 1.29 is 14.3 Å². The molecule has 2 unspecified atom stereocenters. The molecule has 0 heterocycles. The average Bonchev–Trinajstić information content (AvgIpc) is 3.60. The van der Waals surface area contributed by atoms with E-state index in [9.17, 15) is 9.59 Å².